The first-order valence-electron chi connectivity index (χ1n) is 21.3. The van der Waals surface area contributed by atoms with Crippen molar-refractivity contribution in [3.63, 3.8) is 0 Å². The van der Waals surface area contributed by atoms with E-state index >= 15 is 0 Å². The molecular formula is C58H36N4S. The van der Waals surface area contributed by atoms with Crippen LogP contribution in [0.25, 0.3) is 120 Å². The van der Waals surface area contributed by atoms with Crippen LogP contribution in [0.5, 0.6) is 0 Å². The lowest BCUT2D eigenvalue weighted by Crippen LogP contribution is -2.02. The SMILES string of the molecule is c1ccc(-c2nc(-c3cc(-c4ccccc4)c(-n4c5ccccc5c5cc(-n6c7ccccc7c7ccccc76)ccc54)c(-c4ccccc4)c3)c3sc4ccccc4c3n2)cc1. The molecule has 0 fully saturated rings. The molecule has 0 aliphatic heterocycles. The highest BCUT2D eigenvalue weighted by molar-refractivity contribution is 7.26. The first-order valence-corrected chi connectivity index (χ1v) is 22.1. The Balaban J connectivity index is 1.13. The average Bonchev–Trinajstić information content (AvgIpc) is 4.02. The lowest BCUT2D eigenvalue weighted by Gasteiger charge is -2.21. The summed E-state index contributed by atoms with van der Waals surface area (Å²) in [6.45, 7) is 0. The summed E-state index contributed by atoms with van der Waals surface area (Å²) in [5.41, 5.74) is 15.4. The van der Waals surface area contributed by atoms with Crippen LogP contribution in [0.1, 0.15) is 0 Å². The maximum absolute atomic E-state index is 5.47. The maximum Gasteiger partial charge on any atom is 0.160 e. The maximum atomic E-state index is 5.47. The van der Waals surface area contributed by atoms with Crippen molar-refractivity contribution < 1.29 is 0 Å². The summed E-state index contributed by atoms with van der Waals surface area (Å²) >= 11 is 1.77. The van der Waals surface area contributed by atoms with Crippen LogP contribution >= 0.6 is 11.3 Å². The molecule has 294 valence electrons. The Morgan fingerprint density at radius 3 is 1.43 bits per heavy atom. The lowest BCUT2D eigenvalue weighted by atomic mass is 9.91. The van der Waals surface area contributed by atoms with Crippen molar-refractivity contribution in [2.24, 2.45) is 0 Å². The molecule has 0 N–H and O–H groups in total. The van der Waals surface area contributed by atoms with Gasteiger partial charge in [0, 0.05) is 59.6 Å². The molecule has 5 heteroatoms. The molecule has 13 rings (SSSR count). The molecule has 0 amide bonds. The van der Waals surface area contributed by atoms with Gasteiger partial charge in [-0.25, -0.2) is 9.97 Å². The van der Waals surface area contributed by atoms with Crippen LogP contribution in [-0.2, 0) is 0 Å². The van der Waals surface area contributed by atoms with Crippen LogP contribution in [0.4, 0.5) is 0 Å². The van der Waals surface area contributed by atoms with E-state index in [1.807, 2.05) is 6.07 Å². The van der Waals surface area contributed by atoms with Gasteiger partial charge < -0.3 is 9.13 Å². The largest absolute Gasteiger partial charge is 0.309 e. The zero-order valence-electron chi connectivity index (χ0n) is 34.0. The van der Waals surface area contributed by atoms with Gasteiger partial charge in [-0.3, -0.25) is 0 Å². The molecule has 0 unspecified atom stereocenters. The van der Waals surface area contributed by atoms with Crippen molar-refractivity contribution in [3.05, 3.63) is 218 Å². The molecule has 0 saturated carbocycles. The van der Waals surface area contributed by atoms with E-state index in [-0.39, 0.29) is 0 Å². The number of nitrogens with zero attached hydrogens (tertiary/aromatic N) is 4. The van der Waals surface area contributed by atoms with Gasteiger partial charge in [-0.15, -0.1) is 11.3 Å². The topological polar surface area (TPSA) is 35.6 Å². The highest BCUT2D eigenvalue weighted by atomic mass is 32.1. The fraction of sp³-hybridized carbons (Fsp3) is 0. The highest BCUT2D eigenvalue weighted by Gasteiger charge is 2.25. The second-order valence-electron chi connectivity index (χ2n) is 16.1. The van der Waals surface area contributed by atoms with Gasteiger partial charge >= 0.3 is 0 Å². The summed E-state index contributed by atoms with van der Waals surface area (Å²) < 4.78 is 7.19. The number of para-hydroxylation sites is 3. The minimum Gasteiger partial charge on any atom is -0.309 e. The van der Waals surface area contributed by atoms with Crippen molar-refractivity contribution in [3.8, 4) is 56.3 Å². The van der Waals surface area contributed by atoms with Gasteiger partial charge in [-0.1, -0.05) is 164 Å². The summed E-state index contributed by atoms with van der Waals surface area (Å²) in [6.07, 6.45) is 0. The molecule has 9 aromatic carbocycles. The zero-order chi connectivity index (χ0) is 41.4. The van der Waals surface area contributed by atoms with E-state index in [9.17, 15) is 0 Å². The molecule has 0 atom stereocenters. The van der Waals surface area contributed by atoms with Crippen molar-refractivity contribution in [2.75, 3.05) is 0 Å². The van der Waals surface area contributed by atoms with Crippen LogP contribution in [0.2, 0.25) is 0 Å². The van der Waals surface area contributed by atoms with E-state index in [1.165, 1.54) is 37.3 Å². The predicted octanol–water partition coefficient (Wildman–Crippen LogP) is 15.7. The molecule has 4 heterocycles. The molecule has 0 spiro atoms. The van der Waals surface area contributed by atoms with Gasteiger partial charge in [0.2, 0.25) is 0 Å². The molecule has 4 nitrogen and oxygen atoms in total. The second-order valence-corrected chi connectivity index (χ2v) is 17.2. The van der Waals surface area contributed by atoms with Crippen molar-refractivity contribution in [1.29, 1.82) is 0 Å². The number of hydrogen-bond donors (Lipinski definition) is 0. The molecule has 0 aliphatic carbocycles. The Bertz CT molecular complexity index is 3790. The molecule has 4 aromatic heterocycles. The van der Waals surface area contributed by atoms with Gasteiger partial charge in [0.05, 0.1) is 43.7 Å². The monoisotopic (exact) mass is 820 g/mol. The number of benzene rings is 9. The Morgan fingerprint density at radius 2 is 0.825 bits per heavy atom. The molecule has 0 radical (unpaired) electrons. The quantitative estimate of drug-likeness (QED) is 0.167. The smallest absolute Gasteiger partial charge is 0.160 e. The Kier molecular flexibility index (Phi) is 8.05. The highest BCUT2D eigenvalue weighted by Crippen LogP contribution is 2.47. The Labute approximate surface area is 367 Å². The molecule has 0 bridgehead atoms. The van der Waals surface area contributed by atoms with Crippen molar-refractivity contribution in [2.45, 2.75) is 0 Å². The summed E-state index contributed by atoms with van der Waals surface area (Å²) in [5.74, 6) is 0.717. The van der Waals surface area contributed by atoms with Crippen LogP contribution < -0.4 is 0 Å². The first-order chi connectivity index (χ1) is 31.3. The fourth-order valence-electron chi connectivity index (χ4n) is 9.73. The average molecular weight is 821 g/mol. The number of thiophene rings is 1. The standard InChI is InChI=1S/C58H36N4S/c1-4-18-37(19-5-1)46-34-40(54-57-55(45-27-13-17-31-53(45)63-57)60-58(59-54)39-22-8-3-9-23-39)35-47(38-20-6-2-7-21-38)56(46)62-51-30-16-12-26-44(51)48-36-41(32-33-52(48)62)61-49-28-14-10-24-42(49)43-25-11-15-29-50(43)61/h1-36H. The molecule has 13 aromatic rings. The lowest BCUT2D eigenvalue weighted by molar-refractivity contribution is 1.17. The van der Waals surface area contributed by atoms with Crippen molar-refractivity contribution in [1.82, 2.24) is 19.1 Å². The molecule has 0 aliphatic rings. The molecule has 63 heavy (non-hydrogen) atoms. The van der Waals surface area contributed by atoms with Gasteiger partial charge in [0.25, 0.3) is 0 Å². The van der Waals surface area contributed by atoms with Crippen molar-refractivity contribution >= 4 is 75.3 Å². The second kappa shape index (κ2) is 14.2. The number of fused-ring (bicyclic) bond motifs is 9. The summed E-state index contributed by atoms with van der Waals surface area (Å²) in [4.78, 5) is 10.7. The Morgan fingerprint density at radius 1 is 0.349 bits per heavy atom. The van der Waals surface area contributed by atoms with Gasteiger partial charge in [-0.2, -0.15) is 0 Å². The minimum atomic E-state index is 0.717. The van der Waals surface area contributed by atoms with E-state index in [0.717, 1.165) is 82.9 Å². The third-order valence-corrected chi connectivity index (χ3v) is 13.7. The summed E-state index contributed by atoms with van der Waals surface area (Å²) in [7, 11) is 0. The Hall–Kier alpha value is -8.12. The third-order valence-electron chi connectivity index (χ3n) is 12.5. The normalized spacial score (nSPS) is 11.8. The zero-order valence-corrected chi connectivity index (χ0v) is 34.8. The van der Waals surface area contributed by atoms with Crippen LogP contribution in [0.15, 0.2) is 218 Å². The van der Waals surface area contributed by atoms with Crippen LogP contribution in [0.3, 0.4) is 0 Å². The van der Waals surface area contributed by atoms with Gasteiger partial charge in [0.15, 0.2) is 5.82 Å². The van der Waals surface area contributed by atoms with Crippen LogP contribution in [-0.4, -0.2) is 19.1 Å². The fourth-order valence-corrected chi connectivity index (χ4v) is 10.9. The van der Waals surface area contributed by atoms with Crippen LogP contribution in [0, 0.1) is 0 Å². The van der Waals surface area contributed by atoms with E-state index in [0.29, 0.717) is 0 Å². The van der Waals surface area contributed by atoms with E-state index in [1.54, 1.807) is 11.3 Å². The van der Waals surface area contributed by atoms with Gasteiger partial charge in [0.1, 0.15) is 0 Å². The van der Waals surface area contributed by atoms with E-state index in [2.05, 4.69) is 221 Å². The number of aromatic nitrogens is 4. The van der Waals surface area contributed by atoms with E-state index < -0.39 is 0 Å². The third kappa shape index (κ3) is 5.60. The van der Waals surface area contributed by atoms with Gasteiger partial charge in [-0.05, 0) is 65.7 Å². The number of rotatable bonds is 6. The molecular weight excluding hydrogens is 785 g/mol. The molecule has 0 saturated heterocycles. The van der Waals surface area contributed by atoms with E-state index in [4.69, 9.17) is 9.97 Å². The minimum absolute atomic E-state index is 0.717. The summed E-state index contributed by atoms with van der Waals surface area (Å²) in [5, 5.41) is 6.05. The number of hydrogen-bond acceptors (Lipinski definition) is 3. The first kappa shape index (κ1) is 35.6. The summed E-state index contributed by atoms with van der Waals surface area (Å²) in [6, 6.07) is 78.7. The predicted molar refractivity (Wildman–Crippen MR) is 265 cm³/mol.